The van der Waals surface area contributed by atoms with E-state index < -0.39 is 0 Å². The van der Waals surface area contributed by atoms with E-state index in [0.717, 1.165) is 32.7 Å². The summed E-state index contributed by atoms with van der Waals surface area (Å²) in [4.78, 5) is 2.29. The molecule has 0 bridgehead atoms. The smallest absolute Gasteiger partial charge is 0.0700 e. The molecule has 0 aliphatic rings. The molecule has 0 aliphatic carbocycles. The molecule has 0 rings (SSSR count). The van der Waals surface area contributed by atoms with E-state index in [1.807, 2.05) is 6.92 Å². The van der Waals surface area contributed by atoms with Crippen molar-refractivity contribution in [3.05, 3.63) is 0 Å². The van der Waals surface area contributed by atoms with Crippen LogP contribution in [0.1, 0.15) is 20.3 Å². The molecule has 4 heteroatoms. The SMILES string of the molecule is CCN(CCCOCCOC)CC(C)C#N. The molecule has 0 aliphatic heterocycles. The van der Waals surface area contributed by atoms with Crippen molar-refractivity contribution < 1.29 is 9.47 Å². The van der Waals surface area contributed by atoms with E-state index in [0.29, 0.717) is 13.2 Å². The molecule has 0 heterocycles. The van der Waals surface area contributed by atoms with Gasteiger partial charge in [0, 0.05) is 26.8 Å². The lowest BCUT2D eigenvalue weighted by Crippen LogP contribution is -2.29. The molecule has 0 aromatic heterocycles. The standard InChI is InChI=1S/C12H24N2O2/c1-4-14(11-12(2)10-13)6-5-7-16-9-8-15-3/h12H,4-9,11H2,1-3H3. The largest absolute Gasteiger partial charge is 0.382 e. The van der Waals surface area contributed by atoms with Crippen LogP contribution >= 0.6 is 0 Å². The van der Waals surface area contributed by atoms with E-state index in [-0.39, 0.29) is 5.92 Å². The topological polar surface area (TPSA) is 45.5 Å². The fourth-order valence-corrected chi connectivity index (χ4v) is 1.44. The molecule has 0 aromatic rings. The summed E-state index contributed by atoms with van der Waals surface area (Å²) in [6, 6.07) is 2.26. The molecule has 0 N–H and O–H groups in total. The summed E-state index contributed by atoms with van der Waals surface area (Å²) in [6.07, 6.45) is 1.01. The fourth-order valence-electron chi connectivity index (χ4n) is 1.44. The first-order valence-electron chi connectivity index (χ1n) is 5.93. The summed E-state index contributed by atoms with van der Waals surface area (Å²) < 4.78 is 10.3. The number of rotatable bonds is 10. The molecule has 0 spiro atoms. The molecule has 0 aromatic carbocycles. The monoisotopic (exact) mass is 228 g/mol. The maximum absolute atomic E-state index is 8.73. The predicted molar refractivity (Wildman–Crippen MR) is 64.2 cm³/mol. The van der Waals surface area contributed by atoms with Gasteiger partial charge < -0.3 is 14.4 Å². The first kappa shape index (κ1) is 15.4. The van der Waals surface area contributed by atoms with E-state index >= 15 is 0 Å². The van der Waals surface area contributed by atoms with Gasteiger partial charge in [0.2, 0.25) is 0 Å². The van der Waals surface area contributed by atoms with Crippen LogP contribution in [0, 0.1) is 17.2 Å². The molecule has 0 radical (unpaired) electrons. The third kappa shape index (κ3) is 8.66. The maximum Gasteiger partial charge on any atom is 0.0700 e. The number of nitriles is 1. The number of hydrogen-bond acceptors (Lipinski definition) is 4. The van der Waals surface area contributed by atoms with Gasteiger partial charge in [-0.05, 0) is 19.9 Å². The molecule has 1 atom stereocenters. The summed E-state index contributed by atoms with van der Waals surface area (Å²) in [6.45, 7) is 9.00. The van der Waals surface area contributed by atoms with Gasteiger partial charge in [0.05, 0.1) is 25.2 Å². The molecule has 94 valence electrons. The van der Waals surface area contributed by atoms with Gasteiger partial charge in [0.15, 0.2) is 0 Å². The Bertz CT molecular complexity index is 192. The van der Waals surface area contributed by atoms with Gasteiger partial charge in [-0.25, -0.2) is 0 Å². The molecule has 0 saturated carbocycles. The summed E-state index contributed by atoms with van der Waals surface area (Å²) in [5.74, 6) is 0.106. The Morgan fingerprint density at radius 1 is 1.31 bits per heavy atom. The summed E-state index contributed by atoms with van der Waals surface area (Å²) in [5, 5.41) is 8.73. The van der Waals surface area contributed by atoms with Crippen LogP contribution in [0.3, 0.4) is 0 Å². The average molecular weight is 228 g/mol. The summed E-state index contributed by atoms with van der Waals surface area (Å²) >= 11 is 0. The molecule has 4 nitrogen and oxygen atoms in total. The van der Waals surface area contributed by atoms with Gasteiger partial charge in [-0.2, -0.15) is 5.26 Å². The Hall–Kier alpha value is -0.630. The van der Waals surface area contributed by atoms with Crippen molar-refractivity contribution in [3.63, 3.8) is 0 Å². The highest BCUT2D eigenvalue weighted by atomic mass is 16.5. The van der Waals surface area contributed by atoms with Crippen LogP contribution in [-0.4, -0.2) is 51.5 Å². The Morgan fingerprint density at radius 2 is 2.06 bits per heavy atom. The van der Waals surface area contributed by atoms with Crippen LogP contribution in [-0.2, 0) is 9.47 Å². The van der Waals surface area contributed by atoms with Crippen LogP contribution in [0.25, 0.3) is 0 Å². The lowest BCUT2D eigenvalue weighted by Gasteiger charge is -2.21. The average Bonchev–Trinajstić information content (AvgIpc) is 2.31. The highest BCUT2D eigenvalue weighted by Gasteiger charge is 2.06. The quantitative estimate of drug-likeness (QED) is 0.532. The number of hydrogen-bond donors (Lipinski definition) is 0. The molecule has 0 amide bonds. The highest BCUT2D eigenvalue weighted by Crippen LogP contribution is 1.99. The molecule has 0 saturated heterocycles. The van der Waals surface area contributed by atoms with Gasteiger partial charge in [0.1, 0.15) is 0 Å². The van der Waals surface area contributed by atoms with Gasteiger partial charge in [-0.1, -0.05) is 6.92 Å². The van der Waals surface area contributed by atoms with Crippen LogP contribution in [0.2, 0.25) is 0 Å². The molecule has 16 heavy (non-hydrogen) atoms. The normalized spacial score (nSPS) is 12.7. The molecular weight excluding hydrogens is 204 g/mol. The number of ether oxygens (including phenoxy) is 2. The zero-order valence-corrected chi connectivity index (χ0v) is 10.7. The van der Waals surface area contributed by atoms with Gasteiger partial charge in [0.25, 0.3) is 0 Å². The van der Waals surface area contributed by atoms with Crippen molar-refractivity contribution in [1.82, 2.24) is 4.90 Å². The van der Waals surface area contributed by atoms with Crippen LogP contribution in [0.15, 0.2) is 0 Å². The Labute approximate surface area is 99.1 Å². The first-order chi connectivity index (χ1) is 7.74. The molecule has 1 unspecified atom stereocenters. The lowest BCUT2D eigenvalue weighted by atomic mass is 10.2. The predicted octanol–water partition coefficient (Wildman–Crippen LogP) is 1.52. The number of methoxy groups -OCH3 is 1. The fraction of sp³-hybridized carbons (Fsp3) is 0.917. The van der Waals surface area contributed by atoms with Gasteiger partial charge >= 0.3 is 0 Å². The van der Waals surface area contributed by atoms with Crippen molar-refractivity contribution in [2.24, 2.45) is 5.92 Å². The highest BCUT2D eigenvalue weighted by molar-refractivity contribution is 4.81. The van der Waals surface area contributed by atoms with Gasteiger partial charge in [-0.3, -0.25) is 0 Å². The summed E-state index contributed by atoms with van der Waals surface area (Å²) in [7, 11) is 1.67. The Kier molecular flexibility index (Phi) is 10.4. The lowest BCUT2D eigenvalue weighted by molar-refractivity contribution is 0.0651. The van der Waals surface area contributed by atoms with Crippen LogP contribution in [0.4, 0.5) is 0 Å². The van der Waals surface area contributed by atoms with E-state index in [2.05, 4.69) is 17.9 Å². The maximum atomic E-state index is 8.73. The number of nitrogens with zero attached hydrogens (tertiary/aromatic N) is 2. The van der Waals surface area contributed by atoms with E-state index in [1.54, 1.807) is 7.11 Å². The van der Waals surface area contributed by atoms with Crippen molar-refractivity contribution in [2.45, 2.75) is 20.3 Å². The van der Waals surface area contributed by atoms with Crippen molar-refractivity contribution >= 4 is 0 Å². The van der Waals surface area contributed by atoms with Gasteiger partial charge in [-0.15, -0.1) is 0 Å². The minimum atomic E-state index is 0.106. The van der Waals surface area contributed by atoms with Crippen molar-refractivity contribution in [3.8, 4) is 6.07 Å². The van der Waals surface area contributed by atoms with Crippen LogP contribution < -0.4 is 0 Å². The third-order valence-electron chi connectivity index (χ3n) is 2.39. The zero-order chi connectivity index (χ0) is 12.2. The van der Waals surface area contributed by atoms with E-state index in [1.165, 1.54) is 0 Å². The zero-order valence-electron chi connectivity index (χ0n) is 10.7. The Morgan fingerprint density at radius 3 is 2.62 bits per heavy atom. The van der Waals surface area contributed by atoms with E-state index in [4.69, 9.17) is 14.7 Å². The second-order valence-corrected chi connectivity index (χ2v) is 3.88. The third-order valence-corrected chi connectivity index (χ3v) is 2.39. The first-order valence-corrected chi connectivity index (χ1v) is 5.93. The molecule has 0 fully saturated rings. The van der Waals surface area contributed by atoms with E-state index in [9.17, 15) is 0 Å². The van der Waals surface area contributed by atoms with Crippen molar-refractivity contribution in [1.29, 1.82) is 5.26 Å². The minimum absolute atomic E-state index is 0.106. The second kappa shape index (κ2) is 10.9. The second-order valence-electron chi connectivity index (χ2n) is 3.88. The molecular formula is C12H24N2O2. The van der Waals surface area contributed by atoms with Crippen molar-refractivity contribution in [2.75, 3.05) is 46.6 Å². The minimum Gasteiger partial charge on any atom is -0.382 e. The Balaban J connectivity index is 3.45. The summed E-state index contributed by atoms with van der Waals surface area (Å²) in [5.41, 5.74) is 0. The van der Waals surface area contributed by atoms with Crippen LogP contribution in [0.5, 0.6) is 0 Å².